The molecule has 0 heterocycles. The van der Waals surface area contributed by atoms with Gasteiger partial charge in [-0.3, -0.25) is 0 Å². The number of hydrogen-bond donors (Lipinski definition) is 1. The summed E-state index contributed by atoms with van der Waals surface area (Å²) in [5.74, 6) is 0.695. The molecule has 0 bridgehead atoms. The third kappa shape index (κ3) is 4.49. The van der Waals surface area contributed by atoms with E-state index in [-0.39, 0.29) is 0 Å². The summed E-state index contributed by atoms with van der Waals surface area (Å²) in [5, 5.41) is 3.58. The van der Waals surface area contributed by atoms with Gasteiger partial charge < -0.3 is 10.2 Å². The van der Waals surface area contributed by atoms with Gasteiger partial charge >= 0.3 is 0 Å². The normalized spacial score (nSPS) is 14.8. The summed E-state index contributed by atoms with van der Waals surface area (Å²) in [6.07, 6.45) is 3.93. The summed E-state index contributed by atoms with van der Waals surface area (Å²) >= 11 is 3.61. The molecule has 1 N–H and O–H groups in total. The zero-order valence-corrected chi connectivity index (χ0v) is 14.5. The first kappa shape index (κ1) is 15.8. The number of nitrogens with zero attached hydrogens (tertiary/aromatic N) is 1. The molecule has 1 aliphatic rings. The van der Waals surface area contributed by atoms with Crippen LogP contribution in [0.15, 0.2) is 22.7 Å². The summed E-state index contributed by atoms with van der Waals surface area (Å²) in [5.41, 5.74) is 2.84. The molecular weight excluding hydrogens is 312 g/mol. The van der Waals surface area contributed by atoms with Crippen LogP contribution < -0.4 is 10.2 Å². The summed E-state index contributed by atoms with van der Waals surface area (Å²) in [6, 6.07) is 7.50. The maximum absolute atomic E-state index is 3.61. The Labute approximate surface area is 132 Å². The summed E-state index contributed by atoms with van der Waals surface area (Å²) in [6.45, 7) is 9.97. The average Bonchev–Trinajstić information content (AvgIpc) is 3.21. The highest BCUT2D eigenvalue weighted by atomic mass is 79.9. The predicted octanol–water partition coefficient (Wildman–Crippen LogP) is 4.57. The highest BCUT2D eigenvalue weighted by Gasteiger charge is 2.29. The van der Waals surface area contributed by atoms with Gasteiger partial charge in [-0.1, -0.05) is 36.7 Å². The lowest BCUT2D eigenvalue weighted by Crippen LogP contribution is -2.29. The van der Waals surface area contributed by atoms with Crippen molar-refractivity contribution in [3.8, 4) is 0 Å². The average molecular weight is 339 g/mol. The van der Waals surface area contributed by atoms with E-state index in [1.165, 1.54) is 41.5 Å². The molecule has 0 saturated heterocycles. The van der Waals surface area contributed by atoms with Gasteiger partial charge in [0, 0.05) is 29.3 Å². The molecule has 2 rings (SSSR count). The van der Waals surface area contributed by atoms with Gasteiger partial charge in [0.25, 0.3) is 0 Å². The van der Waals surface area contributed by atoms with Gasteiger partial charge in [-0.05, 0) is 55.5 Å². The maximum Gasteiger partial charge on any atom is 0.0415 e. The van der Waals surface area contributed by atoms with Crippen molar-refractivity contribution in [1.82, 2.24) is 5.32 Å². The molecule has 3 heteroatoms. The second kappa shape index (κ2) is 7.46. The molecule has 1 aliphatic carbocycles. The summed E-state index contributed by atoms with van der Waals surface area (Å²) in [4.78, 5) is 2.61. The molecule has 2 nitrogen and oxygen atoms in total. The SMILES string of the molecule is CCCN(c1ccc(Br)cc1CNCC(C)C)C1CC1. The number of halogens is 1. The van der Waals surface area contributed by atoms with Crippen molar-refractivity contribution in [1.29, 1.82) is 0 Å². The maximum atomic E-state index is 3.61. The van der Waals surface area contributed by atoms with Crippen molar-refractivity contribution in [3.63, 3.8) is 0 Å². The molecule has 1 saturated carbocycles. The second-order valence-corrected chi connectivity index (χ2v) is 7.14. The lowest BCUT2D eigenvalue weighted by Gasteiger charge is -2.27. The van der Waals surface area contributed by atoms with Crippen molar-refractivity contribution >= 4 is 21.6 Å². The second-order valence-electron chi connectivity index (χ2n) is 6.22. The number of rotatable bonds is 8. The Morgan fingerprint density at radius 2 is 2.10 bits per heavy atom. The molecular formula is C17H27BrN2. The van der Waals surface area contributed by atoms with Crippen LogP contribution in [0.4, 0.5) is 5.69 Å². The molecule has 20 heavy (non-hydrogen) atoms. The van der Waals surface area contributed by atoms with Crippen LogP contribution in [0.1, 0.15) is 45.6 Å². The lowest BCUT2D eigenvalue weighted by molar-refractivity contribution is 0.551. The Balaban J connectivity index is 2.13. The van der Waals surface area contributed by atoms with Crippen LogP contribution in [0.2, 0.25) is 0 Å². The first-order valence-electron chi connectivity index (χ1n) is 7.87. The molecule has 1 aromatic carbocycles. The molecule has 1 aromatic rings. The van der Waals surface area contributed by atoms with Gasteiger partial charge in [0.15, 0.2) is 0 Å². The van der Waals surface area contributed by atoms with E-state index in [9.17, 15) is 0 Å². The number of nitrogens with one attached hydrogen (secondary N) is 1. The van der Waals surface area contributed by atoms with Crippen LogP contribution >= 0.6 is 15.9 Å². The molecule has 0 atom stereocenters. The number of hydrogen-bond acceptors (Lipinski definition) is 2. The summed E-state index contributed by atoms with van der Waals surface area (Å²) in [7, 11) is 0. The highest BCUT2D eigenvalue weighted by molar-refractivity contribution is 9.10. The Bertz CT molecular complexity index is 427. The van der Waals surface area contributed by atoms with Crippen molar-refractivity contribution in [2.45, 2.75) is 52.6 Å². The minimum atomic E-state index is 0.695. The minimum Gasteiger partial charge on any atom is -0.368 e. The largest absolute Gasteiger partial charge is 0.368 e. The Kier molecular flexibility index (Phi) is 5.91. The van der Waals surface area contributed by atoms with E-state index in [4.69, 9.17) is 0 Å². The van der Waals surface area contributed by atoms with Crippen LogP contribution in [0, 0.1) is 5.92 Å². The van der Waals surface area contributed by atoms with Gasteiger partial charge in [0.05, 0.1) is 0 Å². The van der Waals surface area contributed by atoms with Crippen LogP contribution in [0.3, 0.4) is 0 Å². The van der Waals surface area contributed by atoms with Crippen molar-refractivity contribution in [3.05, 3.63) is 28.2 Å². The van der Waals surface area contributed by atoms with Crippen LogP contribution in [-0.2, 0) is 6.54 Å². The lowest BCUT2D eigenvalue weighted by atomic mass is 10.1. The Hall–Kier alpha value is -0.540. The van der Waals surface area contributed by atoms with Crippen LogP contribution in [0.5, 0.6) is 0 Å². The number of benzene rings is 1. The molecule has 0 aromatic heterocycles. The van der Waals surface area contributed by atoms with Crippen LogP contribution in [-0.4, -0.2) is 19.1 Å². The molecule has 1 fully saturated rings. The smallest absolute Gasteiger partial charge is 0.0415 e. The first-order chi connectivity index (χ1) is 9.61. The van der Waals surface area contributed by atoms with Gasteiger partial charge in [0.2, 0.25) is 0 Å². The molecule has 0 unspecified atom stereocenters. The fraction of sp³-hybridized carbons (Fsp3) is 0.647. The van der Waals surface area contributed by atoms with Gasteiger partial charge in [-0.25, -0.2) is 0 Å². The predicted molar refractivity (Wildman–Crippen MR) is 91.3 cm³/mol. The van der Waals surface area contributed by atoms with E-state index < -0.39 is 0 Å². The summed E-state index contributed by atoms with van der Waals surface area (Å²) < 4.78 is 1.18. The highest BCUT2D eigenvalue weighted by Crippen LogP contribution is 2.34. The van der Waals surface area contributed by atoms with E-state index in [1.807, 2.05) is 0 Å². The van der Waals surface area contributed by atoms with E-state index >= 15 is 0 Å². The minimum absolute atomic E-state index is 0.695. The van der Waals surface area contributed by atoms with E-state index in [0.29, 0.717) is 5.92 Å². The third-order valence-electron chi connectivity index (χ3n) is 3.67. The first-order valence-corrected chi connectivity index (χ1v) is 8.67. The topological polar surface area (TPSA) is 15.3 Å². The standard InChI is InChI=1S/C17H27BrN2/c1-4-9-20(16-6-7-16)17-8-5-15(18)10-14(17)12-19-11-13(2)3/h5,8,10,13,16,19H,4,6-7,9,11-12H2,1-3H3. The number of anilines is 1. The Morgan fingerprint density at radius 1 is 1.35 bits per heavy atom. The Morgan fingerprint density at radius 3 is 2.70 bits per heavy atom. The molecule has 0 spiro atoms. The molecule has 0 aliphatic heterocycles. The zero-order chi connectivity index (χ0) is 14.5. The van der Waals surface area contributed by atoms with Crippen molar-refractivity contribution < 1.29 is 0 Å². The molecule has 0 radical (unpaired) electrons. The van der Waals surface area contributed by atoms with E-state index in [0.717, 1.165) is 19.1 Å². The van der Waals surface area contributed by atoms with Crippen molar-refractivity contribution in [2.75, 3.05) is 18.0 Å². The molecule has 0 amide bonds. The van der Waals surface area contributed by atoms with E-state index in [1.54, 1.807) is 0 Å². The van der Waals surface area contributed by atoms with Gasteiger partial charge in [-0.15, -0.1) is 0 Å². The van der Waals surface area contributed by atoms with Gasteiger partial charge in [-0.2, -0.15) is 0 Å². The zero-order valence-electron chi connectivity index (χ0n) is 13.0. The van der Waals surface area contributed by atoms with Gasteiger partial charge in [0.1, 0.15) is 0 Å². The third-order valence-corrected chi connectivity index (χ3v) is 4.16. The van der Waals surface area contributed by atoms with Crippen LogP contribution in [0.25, 0.3) is 0 Å². The fourth-order valence-electron chi connectivity index (χ4n) is 2.60. The molecule has 112 valence electrons. The monoisotopic (exact) mass is 338 g/mol. The quantitative estimate of drug-likeness (QED) is 0.746. The van der Waals surface area contributed by atoms with E-state index in [2.05, 4.69) is 65.1 Å². The van der Waals surface area contributed by atoms with Crippen molar-refractivity contribution in [2.24, 2.45) is 5.92 Å². The fourth-order valence-corrected chi connectivity index (χ4v) is 3.01.